The van der Waals surface area contributed by atoms with Gasteiger partial charge in [0, 0.05) is 11.1 Å². The molecule has 0 amide bonds. The van der Waals surface area contributed by atoms with Crippen molar-refractivity contribution < 1.29 is 18.4 Å². The summed E-state index contributed by atoms with van der Waals surface area (Å²) in [4.78, 5) is 4.44. The SMILES string of the molecule is CONc1ccc(S(=O)(=O)/C(C#N)=C/c2cc(C(C)(C)C)c(O)c(C(C)(C)C)c2)cc1. The summed E-state index contributed by atoms with van der Waals surface area (Å²) in [5, 5.41) is 20.5. The Kier molecular flexibility index (Phi) is 6.89. The van der Waals surface area contributed by atoms with E-state index in [-0.39, 0.29) is 26.4 Å². The number of rotatable bonds is 5. The second-order valence-corrected chi connectivity index (χ2v) is 11.3. The summed E-state index contributed by atoms with van der Waals surface area (Å²) in [5.74, 6) is 0.194. The molecule has 0 saturated heterocycles. The molecule has 0 aliphatic rings. The molecule has 7 heteroatoms. The number of sulfone groups is 1. The van der Waals surface area contributed by atoms with Crippen molar-refractivity contribution in [2.24, 2.45) is 0 Å². The zero-order valence-electron chi connectivity index (χ0n) is 19.1. The molecule has 6 nitrogen and oxygen atoms in total. The smallest absolute Gasteiger partial charge is 0.216 e. The van der Waals surface area contributed by atoms with Crippen molar-refractivity contribution >= 4 is 21.6 Å². The van der Waals surface area contributed by atoms with Crippen molar-refractivity contribution in [2.45, 2.75) is 57.3 Å². The van der Waals surface area contributed by atoms with Gasteiger partial charge in [-0.3, -0.25) is 10.3 Å². The number of nitrogens with zero attached hydrogens (tertiary/aromatic N) is 1. The minimum Gasteiger partial charge on any atom is -0.507 e. The molecule has 0 bridgehead atoms. The maximum absolute atomic E-state index is 13.1. The minimum absolute atomic E-state index is 0.00724. The first-order chi connectivity index (χ1) is 14.2. The van der Waals surface area contributed by atoms with Crippen LogP contribution in [-0.4, -0.2) is 20.6 Å². The fraction of sp³-hybridized carbons (Fsp3) is 0.375. The van der Waals surface area contributed by atoms with Crippen LogP contribution in [0.25, 0.3) is 6.08 Å². The number of hydrogen-bond acceptors (Lipinski definition) is 6. The molecule has 2 aromatic rings. The largest absolute Gasteiger partial charge is 0.507 e. The van der Waals surface area contributed by atoms with Gasteiger partial charge in [0.1, 0.15) is 16.7 Å². The molecule has 0 unspecified atom stereocenters. The van der Waals surface area contributed by atoms with Crippen LogP contribution in [0.15, 0.2) is 46.2 Å². The van der Waals surface area contributed by atoms with E-state index in [1.54, 1.807) is 24.3 Å². The lowest BCUT2D eigenvalue weighted by atomic mass is 9.78. The van der Waals surface area contributed by atoms with Crippen LogP contribution in [0, 0.1) is 11.3 Å². The summed E-state index contributed by atoms with van der Waals surface area (Å²) in [6.07, 6.45) is 1.36. The molecule has 2 rings (SSSR count). The first-order valence-electron chi connectivity index (χ1n) is 9.85. The van der Waals surface area contributed by atoms with Crippen LogP contribution in [-0.2, 0) is 25.5 Å². The number of allylic oxidation sites excluding steroid dienone is 1. The van der Waals surface area contributed by atoms with Gasteiger partial charge < -0.3 is 5.11 Å². The van der Waals surface area contributed by atoms with E-state index in [1.165, 1.54) is 25.3 Å². The number of phenolic OH excluding ortho intramolecular Hbond substituents is 1. The van der Waals surface area contributed by atoms with Crippen LogP contribution in [0.5, 0.6) is 5.75 Å². The third kappa shape index (κ3) is 5.46. The summed E-state index contributed by atoms with van der Waals surface area (Å²) >= 11 is 0. The van der Waals surface area contributed by atoms with Gasteiger partial charge in [0.25, 0.3) is 0 Å². The van der Waals surface area contributed by atoms with Gasteiger partial charge in [0.05, 0.1) is 17.7 Å². The van der Waals surface area contributed by atoms with E-state index in [0.29, 0.717) is 22.4 Å². The van der Waals surface area contributed by atoms with Gasteiger partial charge in [0.2, 0.25) is 9.84 Å². The van der Waals surface area contributed by atoms with Crippen molar-refractivity contribution in [1.82, 2.24) is 0 Å². The van der Waals surface area contributed by atoms with E-state index in [2.05, 4.69) is 5.48 Å². The van der Waals surface area contributed by atoms with Crippen LogP contribution in [0.3, 0.4) is 0 Å². The number of nitriles is 1. The number of aromatic hydroxyl groups is 1. The molecule has 2 N–H and O–H groups in total. The highest BCUT2D eigenvalue weighted by molar-refractivity contribution is 7.95. The summed E-state index contributed by atoms with van der Waals surface area (Å²) in [6.45, 7) is 11.8. The van der Waals surface area contributed by atoms with Crippen LogP contribution in [0.1, 0.15) is 58.2 Å². The van der Waals surface area contributed by atoms with Crippen molar-refractivity contribution in [3.63, 3.8) is 0 Å². The van der Waals surface area contributed by atoms with Gasteiger partial charge in [-0.2, -0.15) is 5.26 Å². The lowest BCUT2D eigenvalue weighted by molar-refractivity contribution is 0.271. The zero-order valence-corrected chi connectivity index (χ0v) is 19.9. The lowest BCUT2D eigenvalue weighted by Gasteiger charge is -2.28. The molecule has 0 atom stereocenters. The minimum atomic E-state index is -4.02. The third-order valence-electron chi connectivity index (χ3n) is 4.83. The average molecular weight is 443 g/mol. The lowest BCUT2D eigenvalue weighted by Crippen LogP contribution is -2.17. The number of anilines is 1. The van der Waals surface area contributed by atoms with Gasteiger partial charge >= 0.3 is 0 Å². The Morgan fingerprint density at radius 1 is 1.03 bits per heavy atom. The predicted molar refractivity (Wildman–Crippen MR) is 123 cm³/mol. The van der Waals surface area contributed by atoms with Gasteiger partial charge in [-0.15, -0.1) is 0 Å². The van der Waals surface area contributed by atoms with E-state index in [1.807, 2.05) is 47.6 Å². The van der Waals surface area contributed by atoms with Gasteiger partial charge in [-0.1, -0.05) is 41.5 Å². The monoisotopic (exact) mass is 442 g/mol. The molecule has 0 heterocycles. The van der Waals surface area contributed by atoms with E-state index in [0.717, 1.165) is 0 Å². The third-order valence-corrected chi connectivity index (χ3v) is 6.51. The van der Waals surface area contributed by atoms with Crippen LogP contribution in [0.4, 0.5) is 5.69 Å². The summed E-state index contributed by atoms with van der Waals surface area (Å²) in [5.41, 5.74) is 4.39. The molecule has 0 aliphatic heterocycles. The first kappa shape index (κ1) is 24.4. The van der Waals surface area contributed by atoms with E-state index < -0.39 is 9.84 Å². The standard InChI is InChI=1S/C24H30N2O4S/c1-23(2,3)20-13-16(14-21(22(20)27)24(4,5)6)12-19(15-25)31(28,29)18-10-8-17(9-11-18)26-30-7/h8-14,26-27H,1-7H3/b19-12+. The zero-order chi connectivity index (χ0) is 23.6. The number of benzene rings is 2. The average Bonchev–Trinajstić information content (AvgIpc) is 2.65. The molecule has 2 aromatic carbocycles. The first-order valence-corrected chi connectivity index (χ1v) is 11.3. The Labute approximate surface area is 185 Å². The Hall–Kier alpha value is -2.82. The topological polar surface area (TPSA) is 99.4 Å². The van der Waals surface area contributed by atoms with E-state index in [9.17, 15) is 18.8 Å². The van der Waals surface area contributed by atoms with Gasteiger partial charge in [-0.25, -0.2) is 8.42 Å². The molecular weight excluding hydrogens is 412 g/mol. The fourth-order valence-corrected chi connectivity index (χ4v) is 4.31. The second kappa shape index (κ2) is 8.74. The summed E-state index contributed by atoms with van der Waals surface area (Å²) in [7, 11) is -2.56. The van der Waals surface area contributed by atoms with Crippen LogP contribution >= 0.6 is 0 Å². The van der Waals surface area contributed by atoms with Gasteiger partial charge in [-0.05, 0) is 58.9 Å². The quantitative estimate of drug-likeness (QED) is 0.481. The predicted octanol–water partition coefficient (Wildman–Crippen LogP) is 5.30. The molecule has 0 fully saturated rings. The molecule has 31 heavy (non-hydrogen) atoms. The molecule has 0 saturated carbocycles. The Balaban J connectivity index is 2.66. The highest BCUT2D eigenvalue weighted by Gasteiger charge is 2.27. The highest BCUT2D eigenvalue weighted by Crippen LogP contribution is 2.40. The second-order valence-electron chi connectivity index (χ2n) is 9.42. The van der Waals surface area contributed by atoms with Crippen LogP contribution in [0.2, 0.25) is 0 Å². The summed E-state index contributed by atoms with van der Waals surface area (Å²) in [6, 6.07) is 11.3. The summed E-state index contributed by atoms with van der Waals surface area (Å²) < 4.78 is 26.2. The molecule has 0 aromatic heterocycles. The van der Waals surface area contributed by atoms with Crippen LogP contribution < -0.4 is 5.48 Å². The Morgan fingerprint density at radius 3 is 1.90 bits per heavy atom. The fourth-order valence-electron chi connectivity index (χ4n) is 3.15. The normalized spacial score (nSPS) is 13.0. The van der Waals surface area contributed by atoms with Crippen molar-refractivity contribution in [2.75, 3.05) is 12.6 Å². The van der Waals surface area contributed by atoms with E-state index in [4.69, 9.17) is 4.84 Å². The number of phenols is 1. The molecule has 0 spiro atoms. The number of hydrogen-bond donors (Lipinski definition) is 2. The molecular formula is C24H30N2O4S. The Bertz CT molecular complexity index is 1090. The van der Waals surface area contributed by atoms with E-state index >= 15 is 0 Å². The van der Waals surface area contributed by atoms with Crippen molar-refractivity contribution in [1.29, 1.82) is 5.26 Å². The number of nitrogens with one attached hydrogen (secondary N) is 1. The molecule has 166 valence electrons. The van der Waals surface area contributed by atoms with Crippen molar-refractivity contribution in [3.8, 4) is 11.8 Å². The van der Waals surface area contributed by atoms with Gasteiger partial charge in [0.15, 0.2) is 0 Å². The molecule has 0 radical (unpaired) electrons. The highest BCUT2D eigenvalue weighted by atomic mass is 32.2. The molecule has 0 aliphatic carbocycles. The Morgan fingerprint density at radius 2 is 1.52 bits per heavy atom. The maximum atomic E-state index is 13.1. The van der Waals surface area contributed by atoms with Crippen molar-refractivity contribution in [3.05, 3.63) is 58.0 Å². The maximum Gasteiger partial charge on any atom is 0.216 e.